The van der Waals surface area contributed by atoms with Gasteiger partial charge in [-0.1, -0.05) is 0 Å². The van der Waals surface area contributed by atoms with Crippen molar-refractivity contribution in [3.05, 3.63) is 0 Å². The normalized spacial score (nSPS) is 23.5. The van der Waals surface area contributed by atoms with Gasteiger partial charge >= 0.3 is 6.03 Å². The molecule has 5 nitrogen and oxygen atoms in total. The lowest BCUT2D eigenvalue weighted by Gasteiger charge is -2.35. The molecule has 1 aliphatic heterocycles. The molecule has 0 bridgehead atoms. The Hall–Kier alpha value is -0.810. The van der Waals surface area contributed by atoms with Crippen LogP contribution in [-0.2, 0) is 0 Å². The van der Waals surface area contributed by atoms with E-state index in [0.29, 0.717) is 12.5 Å². The number of rotatable bonds is 4. The molecule has 2 aliphatic rings. The maximum Gasteiger partial charge on any atom is 0.317 e. The highest BCUT2D eigenvalue weighted by Crippen LogP contribution is 2.32. The topological polar surface area (TPSA) is 55.8 Å². The second kappa shape index (κ2) is 5.69. The van der Waals surface area contributed by atoms with Crippen LogP contribution in [0, 0.1) is 5.92 Å². The third kappa shape index (κ3) is 3.57. The average molecular weight is 241 g/mol. The predicted molar refractivity (Wildman–Crippen MR) is 65.8 cm³/mol. The van der Waals surface area contributed by atoms with E-state index in [2.05, 4.69) is 10.2 Å². The summed E-state index contributed by atoms with van der Waals surface area (Å²) in [4.78, 5) is 15.7. The van der Waals surface area contributed by atoms with Gasteiger partial charge in [-0.05, 0) is 25.7 Å². The fraction of sp³-hybridized carbons (Fsp3) is 0.917. The van der Waals surface area contributed by atoms with Crippen molar-refractivity contribution in [2.45, 2.75) is 25.9 Å². The summed E-state index contributed by atoms with van der Waals surface area (Å²) in [6, 6.07) is 0.0369. The Morgan fingerprint density at radius 3 is 2.53 bits per heavy atom. The smallest absolute Gasteiger partial charge is 0.317 e. The number of aliphatic hydroxyl groups is 1. The Bertz CT molecular complexity index is 260. The fourth-order valence-corrected chi connectivity index (χ4v) is 2.29. The van der Waals surface area contributed by atoms with Crippen LogP contribution >= 0.6 is 0 Å². The van der Waals surface area contributed by atoms with Crippen LogP contribution in [0.25, 0.3) is 0 Å². The maximum atomic E-state index is 11.6. The molecule has 98 valence electrons. The van der Waals surface area contributed by atoms with Crippen LogP contribution in [0.15, 0.2) is 0 Å². The summed E-state index contributed by atoms with van der Waals surface area (Å²) in [6.07, 6.45) is 2.20. The van der Waals surface area contributed by atoms with Crippen LogP contribution in [0.3, 0.4) is 0 Å². The highest BCUT2D eigenvalue weighted by atomic mass is 16.3. The lowest BCUT2D eigenvalue weighted by atomic mass is 10.2. The van der Waals surface area contributed by atoms with E-state index < -0.39 is 0 Å². The SMILES string of the molecule is CCNC(=O)N1CCN(C[C@@H](O)C2CC2)CC1. The second-order valence-corrected chi connectivity index (χ2v) is 5.03. The zero-order chi connectivity index (χ0) is 12.3. The first-order chi connectivity index (χ1) is 8.20. The highest BCUT2D eigenvalue weighted by Gasteiger charge is 2.31. The molecule has 2 fully saturated rings. The van der Waals surface area contributed by atoms with Crippen LogP contribution < -0.4 is 5.32 Å². The molecule has 17 heavy (non-hydrogen) atoms. The van der Waals surface area contributed by atoms with Gasteiger partial charge in [-0.25, -0.2) is 4.79 Å². The molecule has 0 radical (unpaired) electrons. The van der Waals surface area contributed by atoms with Crippen molar-refractivity contribution in [1.82, 2.24) is 15.1 Å². The number of carbonyl (C=O) groups excluding carboxylic acids is 1. The number of amides is 2. The number of carbonyl (C=O) groups is 1. The van der Waals surface area contributed by atoms with Gasteiger partial charge in [0.05, 0.1) is 6.10 Å². The number of nitrogens with zero attached hydrogens (tertiary/aromatic N) is 2. The van der Waals surface area contributed by atoms with Crippen molar-refractivity contribution >= 4 is 6.03 Å². The molecule has 1 atom stereocenters. The van der Waals surface area contributed by atoms with Gasteiger partial charge < -0.3 is 15.3 Å². The molecular formula is C12H23N3O2. The molecule has 0 aromatic carbocycles. The van der Waals surface area contributed by atoms with Crippen LogP contribution in [-0.4, -0.2) is 66.3 Å². The molecule has 0 unspecified atom stereocenters. The third-order valence-corrected chi connectivity index (χ3v) is 3.60. The summed E-state index contributed by atoms with van der Waals surface area (Å²) in [5, 5.41) is 12.7. The molecule has 0 spiro atoms. The Morgan fingerprint density at radius 2 is 2.00 bits per heavy atom. The van der Waals surface area contributed by atoms with Crippen molar-refractivity contribution in [3.63, 3.8) is 0 Å². The van der Waals surface area contributed by atoms with Gasteiger partial charge in [-0.2, -0.15) is 0 Å². The zero-order valence-corrected chi connectivity index (χ0v) is 10.6. The van der Waals surface area contributed by atoms with Crippen molar-refractivity contribution in [3.8, 4) is 0 Å². The Balaban J connectivity index is 1.68. The summed E-state index contributed by atoms with van der Waals surface area (Å²) in [6.45, 7) is 6.67. The minimum absolute atomic E-state index is 0.0369. The summed E-state index contributed by atoms with van der Waals surface area (Å²) in [5.74, 6) is 0.538. The number of nitrogens with one attached hydrogen (secondary N) is 1. The zero-order valence-electron chi connectivity index (χ0n) is 10.6. The van der Waals surface area contributed by atoms with Gasteiger partial charge in [0, 0.05) is 39.3 Å². The van der Waals surface area contributed by atoms with Crippen LogP contribution in [0.2, 0.25) is 0 Å². The molecule has 5 heteroatoms. The fourth-order valence-electron chi connectivity index (χ4n) is 2.29. The molecule has 1 aliphatic carbocycles. The first kappa shape index (κ1) is 12.6. The number of hydrogen-bond acceptors (Lipinski definition) is 3. The molecule has 0 aromatic rings. The van der Waals surface area contributed by atoms with Crippen LogP contribution in [0.4, 0.5) is 4.79 Å². The largest absolute Gasteiger partial charge is 0.392 e. The van der Waals surface area contributed by atoms with E-state index in [1.807, 2.05) is 11.8 Å². The summed E-state index contributed by atoms with van der Waals surface area (Å²) in [5.41, 5.74) is 0. The van der Waals surface area contributed by atoms with Gasteiger partial charge in [0.1, 0.15) is 0 Å². The molecule has 2 amide bonds. The van der Waals surface area contributed by atoms with E-state index in [1.54, 1.807) is 0 Å². The lowest BCUT2D eigenvalue weighted by Crippen LogP contribution is -2.53. The summed E-state index contributed by atoms with van der Waals surface area (Å²) < 4.78 is 0. The van der Waals surface area contributed by atoms with Crippen molar-refractivity contribution in [2.75, 3.05) is 39.3 Å². The number of β-amino-alcohol motifs (C(OH)–C–C–N with tert-alkyl or cyclic N) is 1. The number of urea groups is 1. The number of aliphatic hydroxyl groups excluding tert-OH is 1. The Morgan fingerprint density at radius 1 is 1.35 bits per heavy atom. The first-order valence-electron chi connectivity index (χ1n) is 6.64. The highest BCUT2D eigenvalue weighted by molar-refractivity contribution is 5.74. The van der Waals surface area contributed by atoms with Crippen molar-refractivity contribution < 1.29 is 9.90 Å². The second-order valence-electron chi connectivity index (χ2n) is 5.03. The quantitative estimate of drug-likeness (QED) is 0.734. The van der Waals surface area contributed by atoms with Gasteiger partial charge in [0.25, 0.3) is 0 Å². The van der Waals surface area contributed by atoms with E-state index in [-0.39, 0.29) is 12.1 Å². The third-order valence-electron chi connectivity index (χ3n) is 3.60. The number of hydrogen-bond donors (Lipinski definition) is 2. The monoisotopic (exact) mass is 241 g/mol. The van der Waals surface area contributed by atoms with Gasteiger partial charge in [-0.15, -0.1) is 0 Å². The Labute approximate surface area is 103 Å². The summed E-state index contributed by atoms with van der Waals surface area (Å²) >= 11 is 0. The summed E-state index contributed by atoms with van der Waals surface area (Å²) in [7, 11) is 0. The number of piperazine rings is 1. The molecule has 2 rings (SSSR count). The maximum absolute atomic E-state index is 11.6. The molecule has 0 aromatic heterocycles. The van der Waals surface area contributed by atoms with Gasteiger partial charge in [0.2, 0.25) is 0 Å². The van der Waals surface area contributed by atoms with Crippen molar-refractivity contribution in [2.24, 2.45) is 5.92 Å². The standard InChI is InChI=1S/C12H23N3O2/c1-2-13-12(17)15-7-5-14(6-8-15)9-11(16)10-3-4-10/h10-11,16H,2-9H2,1H3,(H,13,17)/t11-/m1/s1. The first-order valence-corrected chi connectivity index (χ1v) is 6.64. The van der Waals surface area contributed by atoms with E-state index >= 15 is 0 Å². The minimum atomic E-state index is -0.161. The molecule has 1 saturated carbocycles. The van der Waals surface area contributed by atoms with E-state index in [4.69, 9.17) is 0 Å². The van der Waals surface area contributed by atoms with Crippen LogP contribution in [0.5, 0.6) is 0 Å². The lowest BCUT2D eigenvalue weighted by molar-refractivity contribution is 0.0697. The molecule has 1 saturated heterocycles. The minimum Gasteiger partial charge on any atom is -0.392 e. The molecular weight excluding hydrogens is 218 g/mol. The van der Waals surface area contributed by atoms with E-state index in [9.17, 15) is 9.90 Å². The van der Waals surface area contributed by atoms with Gasteiger partial charge in [-0.3, -0.25) is 4.90 Å². The van der Waals surface area contributed by atoms with Gasteiger partial charge in [0.15, 0.2) is 0 Å². The average Bonchev–Trinajstić information content (AvgIpc) is 3.14. The molecule has 2 N–H and O–H groups in total. The van der Waals surface area contributed by atoms with E-state index in [1.165, 1.54) is 12.8 Å². The Kier molecular flexibility index (Phi) is 4.23. The van der Waals surface area contributed by atoms with E-state index in [0.717, 1.165) is 32.7 Å². The van der Waals surface area contributed by atoms with Crippen LogP contribution in [0.1, 0.15) is 19.8 Å². The predicted octanol–water partition coefficient (Wildman–Crippen LogP) is 0.104. The van der Waals surface area contributed by atoms with Crippen molar-refractivity contribution in [1.29, 1.82) is 0 Å². The molecule has 1 heterocycles.